The smallest absolute Gasteiger partial charge is 0.321 e. The maximum absolute atomic E-state index is 11.0. The predicted octanol–water partition coefficient (Wildman–Crippen LogP) is 2.47. The van der Waals surface area contributed by atoms with Crippen molar-refractivity contribution in [2.45, 2.75) is 6.92 Å². The molecule has 0 radical (unpaired) electrons. The lowest BCUT2D eigenvalue weighted by Gasteiger charge is -2.06. The van der Waals surface area contributed by atoms with Gasteiger partial charge >= 0.3 is 7.60 Å². The van der Waals surface area contributed by atoms with Gasteiger partial charge in [-0.25, -0.2) is 0 Å². The average Bonchev–Trinajstić information content (AvgIpc) is 2.29. The Labute approximate surface area is 99.9 Å². The number of aryl methyl sites for hydroxylation is 1. The summed E-state index contributed by atoms with van der Waals surface area (Å²) in [4.78, 5) is 18.0. The molecule has 0 aromatic heterocycles. The van der Waals surface area contributed by atoms with Crippen molar-refractivity contribution in [1.29, 1.82) is 0 Å². The molecule has 0 heterocycles. The summed E-state index contributed by atoms with van der Waals surface area (Å²) in [5, 5.41) is 0.0494. The zero-order valence-electron chi connectivity index (χ0n) is 9.37. The fourth-order valence-corrected chi connectivity index (χ4v) is 2.13. The minimum Gasteiger partial charge on any atom is -0.321 e. The summed E-state index contributed by atoms with van der Waals surface area (Å²) >= 11 is 0. The van der Waals surface area contributed by atoms with Crippen LogP contribution < -0.4 is 5.30 Å². The molecule has 88 valence electrons. The topological polar surface area (TPSA) is 57.5 Å². The largest absolute Gasteiger partial charge is 0.356 e. The minimum atomic E-state index is -4.14. The van der Waals surface area contributed by atoms with E-state index in [0.717, 1.165) is 11.1 Å². The van der Waals surface area contributed by atoms with Crippen molar-refractivity contribution in [3.8, 4) is 11.1 Å². The standard InChI is InChI=1S/C13H13O3P/c1-10-2-4-11(5-3-10)12-6-8-13(9-7-12)17(14,15)16/h2-9H,1H3,(H2,14,15,16). The second kappa shape index (κ2) is 4.46. The van der Waals surface area contributed by atoms with Crippen molar-refractivity contribution in [3.05, 3.63) is 54.1 Å². The van der Waals surface area contributed by atoms with E-state index in [9.17, 15) is 4.57 Å². The van der Waals surface area contributed by atoms with Crippen LogP contribution in [0.15, 0.2) is 48.5 Å². The lowest BCUT2D eigenvalue weighted by atomic mass is 10.0. The maximum Gasteiger partial charge on any atom is 0.356 e. The molecule has 17 heavy (non-hydrogen) atoms. The Kier molecular flexibility index (Phi) is 3.16. The van der Waals surface area contributed by atoms with Crippen molar-refractivity contribution in [2.75, 3.05) is 0 Å². The molecule has 0 atom stereocenters. The van der Waals surface area contributed by atoms with Gasteiger partial charge in [-0.2, -0.15) is 0 Å². The van der Waals surface area contributed by atoms with Crippen molar-refractivity contribution in [3.63, 3.8) is 0 Å². The van der Waals surface area contributed by atoms with Gasteiger partial charge in [0, 0.05) is 0 Å². The van der Waals surface area contributed by atoms with Crippen LogP contribution in [0.25, 0.3) is 11.1 Å². The third kappa shape index (κ3) is 2.83. The molecule has 0 amide bonds. The fraction of sp³-hybridized carbons (Fsp3) is 0.0769. The van der Waals surface area contributed by atoms with E-state index >= 15 is 0 Å². The lowest BCUT2D eigenvalue weighted by molar-refractivity contribution is 0.387. The molecule has 0 spiro atoms. The summed E-state index contributed by atoms with van der Waals surface area (Å²) in [6, 6.07) is 14.4. The van der Waals surface area contributed by atoms with Gasteiger partial charge in [0.25, 0.3) is 0 Å². The van der Waals surface area contributed by atoms with E-state index in [1.165, 1.54) is 17.7 Å². The predicted molar refractivity (Wildman–Crippen MR) is 68.3 cm³/mol. The Morgan fingerprint density at radius 3 is 1.65 bits per heavy atom. The van der Waals surface area contributed by atoms with Gasteiger partial charge in [-0.1, -0.05) is 42.0 Å². The average molecular weight is 248 g/mol. The first-order chi connectivity index (χ1) is 7.97. The monoisotopic (exact) mass is 248 g/mol. The summed E-state index contributed by atoms with van der Waals surface area (Å²) in [6.45, 7) is 2.01. The molecule has 0 unspecified atom stereocenters. The first-order valence-corrected chi connectivity index (χ1v) is 6.81. The molecule has 0 aliphatic rings. The Hall–Kier alpha value is -1.41. The van der Waals surface area contributed by atoms with Gasteiger partial charge in [-0.05, 0) is 30.2 Å². The van der Waals surface area contributed by atoms with Crippen molar-refractivity contribution < 1.29 is 14.4 Å². The van der Waals surface area contributed by atoms with E-state index in [4.69, 9.17) is 9.79 Å². The molecule has 4 heteroatoms. The third-order valence-corrected chi connectivity index (χ3v) is 3.56. The van der Waals surface area contributed by atoms with Crippen LogP contribution in [-0.4, -0.2) is 9.79 Å². The van der Waals surface area contributed by atoms with E-state index in [2.05, 4.69) is 0 Å². The molecule has 0 fully saturated rings. The number of benzene rings is 2. The highest BCUT2D eigenvalue weighted by Gasteiger charge is 2.16. The number of hydrogen-bond acceptors (Lipinski definition) is 1. The summed E-state index contributed by atoms with van der Waals surface area (Å²) < 4.78 is 11.0. The van der Waals surface area contributed by atoms with Crippen molar-refractivity contribution in [2.24, 2.45) is 0 Å². The van der Waals surface area contributed by atoms with Gasteiger partial charge in [0.2, 0.25) is 0 Å². The summed E-state index contributed by atoms with van der Waals surface area (Å²) in [7, 11) is -4.14. The van der Waals surface area contributed by atoms with E-state index in [1.807, 2.05) is 31.2 Å². The number of rotatable bonds is 2. The first-order valence-electron chi connectivity index (χ1n) is 5.20. The molecule has 2 N–H and O–H groups in total. The van der Waals surface area contributed by atoms with Gasteiger partial charge in [-0.15, -0.1) is 0 Å². The molecule has 2 aromatic rings. The van der Waals surface area contributed by atoms with Gasteiger partial charge in [0.15, 0.2) is 0 Å². The summed E-state index contributed by atoms with van der Waals surface area (Å²) in [6.07, 6.45) is 0. The van der Waals surface area contributed by atoms with Crippen molar-refractivity contribution >= 4 is 12.9 Å². The zero-order valence-corrected chi connectivity index (χ0v) is 10.3. The molecule has 0 aliphatic carbocycles. The third-order valence-electron chi connectivity index (χ3n) is 2.59. The van der Waals surface area contributed by atoms with Gasteiger partial charge in [0.05, 0.1) is 5.30 Å². The molecule has 2 aromatic carbocycles. The van der Waals surface area contributed by atoms with Crippen LogP contribution in [0.2, 0.25) is 0 Å². The van der Waals surface area contributed by atoms with Gasteiger partial charge in [0.1, 0.15) is 0 Å². The van der Waals surface area contributed by atoms with Crippen molar-refractivity contribution in [1.82, 2.24) is 0 Å². The molecule has 0 aliphatic heterocycles. The second-order valence-electron chi connectivity index (χ2n) is 3.96. The van der Waals surface area contributed by atoms with Crippen LogP contribution in [0.4, 0.5) is 0 Å². The molecular formula is C13H13O3P. The summed E-state index contributed by atoms with van der Waals surface area (Å²) in [5.41, 5.74) is 3.16. The SMILES string of the molecule is Cc1ccc(-c2ccc(P(=O)(O)O)cc2)cc1. The second-order valence-corrected chi connectivity index (χ2v) is 5.56. The fourth-order valence-electron chi connectivity index (χ4n) is 1.59. The van der Waals surface area contributed by atoms with Crippen LogP contribution in [-0.2, 0) is 4.57 Å². The first kappa shape index (κ1) is 12.1. The van der Waals surface area contributed by atoms with E-state index in [1.54, 1.807) is 12.1 Å². The molecular weight excluding hydrogens is 235 g/mol. The van der Waals surface area contributed by atoms with E-state index < -0.39 is 7.60 Å². The zero-order chi connectivity index (χ0) is 12.5. The number of hydrogen-bond donors (Lipinski definition) is 2. The minimum absolute atomic E-state index is 0.0494. The van der Waals surface area contributed by atoms with Crippen LogP contribution >= 0.6 is 7.60 Å². The van der Waals surface area contributed by atoms with E-state index in [-0.39, 0.29) is 5.30 Å². The summed E-state index contributed by atoms with van der Waals surface area (Å²) in [5.74, 6) is 0. The lowest BCUT2D eigenvalue weighted by Crippen LogP contribution is -2.02. The van der Waals surface area contributed by atoms with E-state index in [0.29, 0.717) is 0 Å². The van der Waals surface area contributed by atoms with Crippen LogP contribution in [0.3, 0.4) is 0 Å². The Morgan fingerprint density at radius 1 is 0.824 bits per heavy atom. The molecule has 0 bridgehead atoms. The Morgan fingerprint density at radius 2 is 1.24 bits per heavy atom. The molecule has 0 saturated carbocycles. The highest BCUT2D eigenvalue weighted by Crippen LogP contribution is 2.33. The van der Waals surface area contributed by atoms with Crippen LogP contribution in [0, 0.1) is 6.92 Å². The quantitative estimate of drug-likeness (QED) is 0.802. The molecule has 0 saturated heterocycles. The van der Waals surface area contributed by atoms with Gasteiger partial charge in [-0.3, -0.25) is 4.57 Å². The highest BCUT2D eigenvalue weighted by atomic mass is 31.2. The van der Waals surface area contributed by atoms with Crippen LogP contribution in [0.1, 0.15) is 5.56 Å². The Bertz CT molecular complexity index is 552. The molecule has 3 nitrogen and oxygen atoms in total. The highest BCUT2D eigenvalue weighted by molar-refractivity contribution is 7.60. The van der Waals surface area contributed by atoms with Crippen LogP contribution in [0.5, 0.6) is 0 Å². The Balaban J connectivity index is 2.36. The van der Waals surface area contributed by atoms with Gasteiger partial charge < -0.3 is 9.79 Å². The molecule has 2 rings (SSSR count). The normalized spacial score (nSPS) is 11.5. The maximum atomic E-state index is 11.0.